The smallest absolute Gasteiger partial charge is 0.146 e. The highest BCUT2D eigenvalue weighted by atomic mass is 35.5. The molecule has 0 spiro atoms. The lowest BCUT2D eigenvalue weighted by atomic mass is 10.1. The lowest BCUT2D eigenvalue weighted by molar-refractivity contribution is 0.419. The number of imidazole rings is 1. The van der Waals surface area contributed by atoms with Gasteiger partial charge in [-0.3, -0.25) is 4.98 Å². The standard InChI is InChI=1S/C16H16ClN3O/c1-11-9-18-7-6-12(11)10-20-13-4-3-5-14(21-2)16(13)19-15(20)8-17/h3-7,9H,8,10H2,1-2H3. The van der Waals surface area contributed by atoms with Crippen LogP contribution < -0.4 is 4.74 Å². The molecule has 0 aliphatic rings. The number of aryl methyl sites for hydroxylation is 1. The van der Waals surface area contributed by atoms with Gasteiger partial charge in [0.1, 0.15) is 17.1 Å². The normalized spacial score (nSPS) is 11.0. The predicted molar refractivity (Wildman–Crippen MR) is 83.9 cm³/mol. The Kier molecular flexibility index (Phi) is 3.80. The molecular weight excluding hydrogens is 286 g/mol. The molecule has 0 radical (unpaired) electrons. The van der Waals surface area contributed by atoms with E-state index in [4.69, 9.17) is 16.3 Å². The number of hydrogen-bond donors (Lipinski definition) is 0. The summed E-state index contributed by atoms with van der Waals surface area (Å²) >= 11 is 6.07. The van der Waals surface area contributed by atoms with Gasteiger partial charge < -0.3 is 9.30 Å². The van der Waals surface area contributed by atoms with Crippen LogP contribution in [0.1, 0.15) is 17.0 Å². The van der Waals surface area contributed by atoms with E-state index in [1.807, 2.05) is 36.7 Å². The van der Waals surface area contributed by atoms with E-state index < -0.39 is 0 Å². The minimum absolute atomic E-state index is 0.363. The molecule has 0 aliphatic heterocycles. The molecule has 0 saturated carbocycles. The van der Waals surface area contributed by atoms with Crippen molar-refractivity contribution in [2.45, 2.75) is 19.3 Å². The van der Waals surface area contributed by atoms with Gasteiger partial charge in [-0.2, -0.15) is 0 Å². The Morgan fingerprint density at radius 2 is 2.14 bits per heavy atom. The second kappa shape index (κ2) is 5.74. The van der Waals surface area contributed by atoms with Gasteiger partial charge in [-0.25, -0.2) is 4.98 Å². The quantitative estimate of drug-likeness (QED) is 0.692. The van der Waals surface area contributed by atoms with Crippen LogP contribution in [-0.4, -0.2) is 21.6 Å². The summed E-state index contributed by atoms with van der Waals surface area (Å²) in [7, 11) is 1.65. The third-order valence-electron chi connectivity index (χ3n) is 3.63. The lowest BCUT2D eigenvalue weighted by Crippen LogP contribution is -2.05. The van der Waals surface area contributed by atoms with Gasteiger partial charge in [0.15, 0.2) is 0 Å². The first kappa shape index (κ1) is 13.9. The van der Waals surface area contributed by atoms with Gasteiger partial charge in [-0.15, -0.1) is 11.6 Å². The number of pyridine rings is 1. The van der Waals surface area contributed by atoms with E-state index in [2.05, 4.69) is 21.5 Å². The van der Waals surface area contributed by atoms with Crippen LogP contribution in [0.4, 0.5) is 0 Å². The zero-order valence-corrected chi connectivity index (χ0v) is 12.8. The fraction of sp³-hybridized carbons (Fsp3) is 0.250. The molecule has 1 aromatic carbocycles. The van der Waals surface area contributed by atoms with Crippen molar-refractivity contribution in [3.63, 3.8) is 0 Å². The summed E-state index contributed by atoms with van der Waals surface area (Å²) in [6.45, 7) is 2.78. The first-order valence-electron chi connectivity index (χ1n) is 6.72. The van der Waals surface area contributed by atoms with Crippen LogP contribution in [0.25, 0.3) is 11.0 Å². The van der Waals surface area contributed by atoms with Crippen molar-refractivity contribution in [2.24, 2.45) is 0 Å². The van der Waals surface area contributed by atoms with Gasteiger partial charge in [0, 0.05) is 18.9 Å². The maximum absolute atomic E-state index is 6.07. The number of halogens is 1. The van der Waals surface area contributed by atoms with Gasteiger partial charge in [0.2, 0.25) is 0 Å². The summed E-state index contributed by atoms with van der Waals surface area (Å²) in [5.74, 6) is 1.97. The number of hydrogen-bond acceptors (Lipinski definition) is 3. The van der Waals surface area contributed by atoms with Crippen LogP contribution in [0.15, 0.2) is 36.7 Å². The lowest BCUT2D eigenvalue weighted by Gasteiger charge is -2.10. The number of benzene rings is 1. The van der Waals surface area contributed by atoms with Gasteiger partial charge in [-0.05, 0) is 36.2 Å². The van der Waals surface area contributed by atoms with Gasteiger partial charge in [-0.1, -0.05) is 6.07 Å². The Labute approximate surface area is 128 Å². The largest absolute Gasteiger partial charge is 0.494 e. The van der Waals surface area contributed by atoms with Crippen LogP contribution >= 0.6 is 11.6 Å². The first-order chi connectivity index (χ1) is 10.2. The van der Waals surface area contributed by atoms with E-state index in [1.54, 1.807) is 7.11 Å². The minimum atomic E-state index is 0.363. The molecular formula is C16H16ClN3O. The molecule has 0 N–H and O–H groups in total. The number of nitrogens with zero attached hydrogens (tertiary/aromatic N) is 3. The van der Waals surface area contributed by atoms with Crippen molar-refractivity contribution in [1.82, 2.24) is 14.5 Å². The van der Waals surface area contributed by atoms with Crippen LogP contribution in [0.3, 0.4) is 0 Å². The molecule has 0 amide bonds. The number of methoxy groups -OCH3 is 1. The first-order valence-corrected chi connectivity index (χ1v) is 7.25. The Morgan fingerprint density at radius 1 is 1.29 bits per heavy atom. The Morgan fingerprint density at radius 3 is 2.86 bits per heavy atom. The fourth-order valence-electron chi connectivity index (χ4n) is 2.46. The van der Waals surface area contributed by atoms with Gasteiger partial charge >= 0.3 is 0 Å². The molecule has 21 heavy (non-hydrogen) atoms. The molecule has 0 unspecified atom stereocenters. The summed E-state index contributed by atoms with van der Waals surface area (Å²) in [5, 5.41) is 0. The van der Waals surface area contributed by atoms with Crippen LogP contribution in [-0.2, 0) is 12.4 Å². The van der Waals surface area contributed by atoms with Crippen molar-refractivity contribution in [1.29, 1.82) is 0 Å². The SMILES string of the molecule is COc1cccc2c1nc(CCl)n2Cc1ccncc1C. The van der Waals surface area contributed by atoms with Gasteiger partial charge in [0.25, 0.3) is 0 Å². The van der Waals surface area contributed by atoms with Crippen molar-refractivity contribution in [3.8, 4) is 5.75 Å². The number of alkyl halides is 1. The number of para-hydroxylation sites is 1. The molecule has 2 aromatic heterocycles. The molecule has 0 bridgehead atoms. The maximum Gasteiger partial charge on any atom is 0.146 e. The van der Waals surface area contributed by atoms with E-state index in [9.17, 15) is 0 Å². The van der Waals surface area contributed by atoms with Crippen molar-refractivity contribution in [2.75, 3.05) is 7.11 Å². The minimum Gasteiger partial charge on any atom is -0.494 e. The molecule has 4 nitrogen and oxygen atoms in total. The third-order valence-corrected chi connectivity index (χ3v) is 3.86. The van der Waals surface area contributed by atoms with E-state index in [1.165, 1.54) is 5.56 Å². The van der Waals surface area contributed by atoms with E-state index in [0.29, 0.717) is 5.88 Å². The average Bonchev–Trinajstić information content (AvgIpc) is 2.87. The van der Waals surface area contributed by atoms with E-state index in [0.717, 1.165) is 34.7 Å². The fourth-order valence-corrected chi connectivity index (χ4v) is 2.67. The summed E-state index contributed by atoms with van der Waals surface area (Å²) in [5.41, 5.74) is 4.24. The number of fused-ring (bicyclic) bond motifs is 1. The van der Waals surface area contributed by atoms with Crippen molar-refractivity contribution < 1.29 is 4.74 Å². The zero-order valence-electron chi connectivity index (χ0n) is 12.0. The molecule has 108 valence electrons. The monoisotopic (exact) mass is 301 g/mol. The molecule has 3 aromatic rings. The van der Waals surface area contributed by atoms with Crippen LogP contribution in [0.5, 0.6) is 5.75 Å². The molecule has 5 heteroatoms. The summed E-state index contributed by atoms with van der Waals surface area (Å²) in [4.78, 5) is 8.75. The molecule has 0 saturated heterocycles. The molecule has 0 aliphatic carbocycles. The predicted octanol–water partition coefficient (Wildman–Crippen LogP) is 3.54. The summed E-state index contributed by atoms with van der Waals surface area (Å²) in [6, 6.07) is 7.95. The number of rotatable bonds is 4. The van der Waals surface area contributed by atoms with Crippen LogP contribution in [0, 0.1) is 6.92 Å². The third kappa shape index (κ3) is 2.47. The molecule has 2 heterocycles. The zero-order chi connectivity index (χ0) is 14.8. The summed E-state index contributed by atoms with van der Waals surface area (Å²) < 4.78 is 7.52. The van der Waals surface area contributed by atoms with E-state index in [-0.39, 0.29) is 0 Å². The highest BCUT2D eigenvalue weighted by Gasteiger charge is 2.14. The molecule has 0 fully saturated rings. The second-order valence-corrected chi connectivity index (χ2v) is 5.15. The maximum atomic E-state index is 6.07. The Balaban J connectivity index is 2.15. The summed E-state index contributed by atoms with van der Waals surface area (Å²) in [6.07, 6.45) is 3.68. The highest BCUT2D eigenvalue weighted by Crippen LogP contribution is 2.27. The Hall–Kier alpha value is -2.07. The average molecular weight is 302 g/mol. The van der Waals surface area contributed by atoms with Gasteiger partial charge in [0.05, 0.1) is 18.5 Å². The molecule has 3 rings (SSSR count). The Bertz CT molecular complexity index is 782. The number of aromatic nitrogens is 3. The second-order valence-electron chi connectivity index (χ2n) is 4.88. The van der Waals surface area contributed by atoms with Crippen molar-refractivity contribution >= 4 is 22.6 Å². The topological polar surface area (TPSA) is 39.9 Å². The number of ether oxygens (including phenoxy) is 1. The van der Waals surface area contributed by atoms with Crippen LogP contribution in [0.2, 0.25) is 0 Å². The van der Waals surface area contributed by atoms with Crippen molar-refractivity contribution in [3.05, 3.63) is 53.6 Å². The van der Waals surface area contributed by atoms with E-state index >= 15 is 0 Å². The molecule has 0 atom stereocenters. The highest BCUT2D eigenvalue weighted by molar-refractivity contribution is 6.16.